The number of aryl methyl sites for hydroxylation is 1. The molecule has 1 unspecified atom stereocenters. The van der Waals surface area contributed by atoms with Gasteiger partial charge in [0.25, 0.3) is 5.91 Å². The molecule has 9 nitrogen and oxygen atoms in total. The molecule has 1 aliphatic heterocycles. The standard InChI is InChI=1S/C22H28N6O3/c1-14(2)21-23-19(25-31-21)10-12-28(15(3)29)16-9-11-27(13-16)22(30)20-17-7-5-6-8-18(17)26(4)24-20/h5-8,14,16H,9-13H2,1-4H3. The number of rotatable bonds is 6. The monoisotopic (exact) mass is 424 g/mol. The fourth-order valence-electron chi connectivity index (χ4n) is 4.12. The molecule has 0 aliphatic carbocycles. The van der Waals surface area contributed by atoms with Gasteiger partial charge in [0.2, 0.25) is 11.8 Å². The molecule has 1 aliphatic rings. The minimum atomic E-state index is -0.0949. The molecule has 1 atom stereocenters. The number of benzene rings is 1. The van der Waals surface area contributed by atoms with Crippen LogP contribution in [-0.2, 0) is 18.3 Å². The molecule has 4 rings (SSSR count). The highest BCUT2D eigenvalue weighted by Crippen LogP contribution is 2.23. The van der Waals surface area contributed by atoms with Gasteiger partial charge in [0.1, 0.15) is 0 Å². The van der Waals surface area contributed by atoms with E-state index in [0.29, 0.717) is 43.5 Å². The average Bonchev–Trinajstić information content (AvgIpc) is 3.47. The number of amides is 2. The smallest absolute Gasteiger partial charge is 0.275 e. The molecule has 2 amide bonds. The number of fused-ring (bicyclic) bond motifs is 1. The number of hydrogen-bond acceptors (Lipinski definition) is 6. The summed E-state index contributed by atoms with van der Waals surface area (Å²) < 4.78 is 6.98. The van der Waals surface area contributed by atoms with Gasteiger partial charge in [-0.15, -0.1) is 0 Å². The molecule has 31 heavy (non-hydrogen) atoms. The van der Waals surface area contributed by atoms with Gasteiger partial charge in [-0.3, -0.25) is 14.3 Å². The topological polar surface area (TPSA) is 97.4 Å². The second-order valence-corrected chi connectivity index (χ2v) is 8.35. The number of para-hydroxylation sites is 1. The van der Waals surface area contributed by atoms with Crippen molar-refractivity contribution in [3.8, 4) is 0 Å². The minimum Gasteiger partial charge on any atom is -0.339 e. The molecule has 9 heteroatoms. The van der Waals surface area contributed by atoms with Crippen LogP contribution >= 0.6 is 0 Å². The van der Waals surface area contributed by atoms with Gasteiger partial charge in [-0.05, 0) is 12.5 Å². The lowest BCUT2D eigenvalue weighted by Crippen LogP contribution is -2.42. The zero-order valence-corrected chi connectivity index (χ0v) is 18.4. The van der Waals surface area contributed by atoms with Crippen LogP contribution in [0.1, 0.15) is 55.3 Å². The van der Waals surface area contributed by atoms with Crippen LogP contribution in [0.15, 0.2) is 28.8 Å². The van der Waals surface area contributed by atoms with E-state index in [9.17, 15) is 9.59 Å². The van der Waals surface area contributed by atoms with Crippen molar-refractivity contribution >= 4 is 22.7 Å². The van der Waals surface area contributed by atoms with E-state index in [-0.39, 0.29) is 23.8 Å². The van der Waals surface area contributed by atoms with Crippen molar-refractivity contribution in [1.82, 2.24) is 29.7 Å². The van der Waals surface area contributed by atoms with Crippen LogP contribution in [0.2, 0.25) is 0 Å². The molecule has 0 radical (unpaired) electrons. The third kappa shape index (κ3) is 4.17. The zero-order chi connectivity index (χ0) is 22.1. The highest BCUT2D eigenvalue weighted by Gasteiger charge is 2.33. The molecule has 1 fully saturated rings. The zero-order valence-electron chi connectivity index (χ0n) is 18.4. The molecule has 1 aromatic carbocycles. The first-order chi connectivity index (χ1) is 14.8. The van der Waals surface area contributed by atoms with E-state index >= 15 is 0 Å². The molecule has 1 saturated heterocycles. The molecular weight excluding hydrogens is 396 g/mol. The fraction of sp³-hybridized carbons (Fsp3) is 0.500. The molecule has 3 heterocycles. The Balaban J connectivity index is 1.44. The lowest BCUT2D eigenvalue weighted by atomic mass is 10.2. The van der Waals surface area contributed by atoms with Crippen LogP contribution in [0.4, 0.5) is 0 Å². The van der Waals surface area contributed by atoms with Crippen molar-refractivity contribution in [3.63, 3.8) is 0 Å². The highest BCUT2D eigenvalue weighted by molar-refractivity contribution is 6.05. The van der Waals surface area contributed by atoms with Crippen molar-refractivity contribution in [3.05, 3.63) is 41.7 Å². The second-order valence-electron chi connectivity index (χ2n) is 8.35. The van der Waals surface area contributed by atoms with Crippen LogP contribution in [0, 0.1) is 0 Å². The number of likely N-dealkylation sites (tertiary alicyclic amines) is 1. The summed E-state index contributed by atoms with van der Waals surface area (Å²) in [5, 5.41) is 9.31. The van der Waals surface area contributed by atoms with Gasteiger partial charge < -0.3 is 14.3 Å². The normalized spacial score (nSPS) is 16.4. The molecular formula is C22H28N6O3. The molecule has 0 saturated carbocycles. The molecule has 0 N–H and O–H groups in total. The summed E-state index contributed by atoms with van der Waals surface area (Å²) in [6.45, 7) is 7.13. The van der Waals surface area contributed by atoms with Gasteiger partial charge in [0.15, 0.2) is 11.5 Å². The first-order valence-corrected chi connectivity index (χ1v) is 10.7. The van der Waals surface area contributed by atoms with Crippen molar-refractivity contribution < 1.29 is 14.1 Å². The van der Waals surface area contributed by atoms with Crippen LogP contribution in [-0.4, -0.2) is 67.2 Å². The van der Waals surface area contributed by atoms with Crippen molar-refractivity contribution in [2.24, 2.45) is 7.05 Å². The molecule has 0 bridgehead atoms. The van der Waals surface area contributed by atoms with E-state index in [4.69, 9.17) is 4.52 Å². The Bertz CT molecular complexity index is 1100. The summed E-state index contributed by atoms with van der Waals surface area (Å²) in [6, 6.07) is 7.68. The predicted octanol–water partition coefficient (Wildman–Crippen LogP) is 2.39. The van der Waals surface area contributed by atoms with E-state index in [1.54, 1.807) is 16.5 Å². The predicted molar refractivity (Wildman–Crippen MR) is 115 cm³/mol. The van der Waals surface area contributed by atoms with Crippen LogP contribution in [0.5, 0.6) is 0 Å². The lowest BCUT2D eigenvalue weighted by Gasteiger charge is -2.27. The van der Waals surface area contributed by atoms with E-state index in [1.807, 2.05) is 50.1 Å². The van der Waals surface area contributed by atoms with E-state index in [2.05, 4.69) is 15.2 Å². The third-order valence-electron chi connectivity index (χ3n) is 5.81. The van der Waals surface area contributed by atoms with E-state index in [1.165, 1.54) is 0 Å². The SMILES string of the molecule is CC(=O)N(CCc1noc(C(C)C)n1)C1CCN(C(=O)c2nn(C)c3ccccc23)C1. The maximum Gasteiger partial charge on any atom is 0.275 e. The van der Waals surface area contributed by atoms with E-state index in [0.717, 1.165) is 17.3 Å². The Morgan fingerprint density at radius 3 is 2.77 bits per heavy atom. The van der Waals surface area contributed by atoms with Gasteiger partial charge in [-0.1, -0.05) is 37.2 Å². The minimum absolute atomic E-state index is 0.0184. The lowest BCUT2D eigenvalue weighted by molar-refractivity contribution is -0.130. The first-order valence-electron chi connectivity index (χ1n) is 10.7. The van der Waals surface area contributed by atoms with E-state index < -0.39 is 0 Å². The third-order valence-corrected chi connectivity index (χ3v) is 5.81. The van der Waals surface area contributed by atoms with Gasteiger partial charge in [0, 0.05) is 51.3 Å². The first kappa shape index (κ1) is 21.0. The van der Waals surface area contributed by atoms with Crippen molar-refractivity contribution in [1.29, 1.82) is 0 Å². The Hall–Kier alpha value is -3.23. The van der Waals surface area contributed by atoms with Gasteiger partial charge in [-0.25, -0.2) is 0 Å². The molecule has 3 aromatic rings. The summed E-state index contributed by atoms with van der Waals surface area (Å²) in [6.07, 6.45) is 1.25. The Morgan fingerprint density at radius 1 is 1.29 bits per heavy atom. The summed E-state index contributed by atoms with van der Waals surface area (Å²) in [4.78, 5) is 33.5. The summed E-state index contributed by atoms with van der Waals surface area (Å²) >= 11 is 0. The summed E-state index contributed by atoms with van der Waals surface area (Å²) in [5.74, 6) is 1.25. The largest absolute Gasteiger partial charge is 0.339 e. The second kappa shape index (κ2) is 8.49. The average molecular weight is 425 g/mol. The number of carbonyl (C=O) groups is 2. The quantitative estimate of drug-likeness (QED) is 0.603. The van der Waals surface area contributed by atoms with Gasteiger partial charge >= 0.3 is 0 Å². The highest BCUT2D eigenvalue weighted by atomic mass is 16.5. The van der Waals surface area contributed by atoms with Crippen LogP contribution in [0.3, 0.4) is 0 Å². The Morgan fingerprint density at radius 2 is 2.06 bits per heavy atom. The maximum absolute atomic E-state index is 13.2. The van der Waals surface area contributed by atoms with Crippen molar-refractivity contribution in [2.45, 2.75) is 45.6 Å². The number of carbonyl (C=O) groups excluding carboxylic acids is 2. The Kier molecular flexibility index (Phi) is 5.75. The molecule has 2 aromatic heterocycles. The number of aromatic nitrogens is 4. The molecule has 164 valence electrons. The number of nitrogens with zero attached hydrogens (tertiary/aromatic N) is 6. The van der Waals surface area contributed by atoms with Crippen LogP contribution < -0.4 is 0 Å². The van der Waals surface area contributed by atoms with Gasteiger partial charge in [-0.2, -0.15) is 10.1 Å². The van der Waals surface area contributed by atoms with Gasteiger partial charge in [0.05, 0.1) is 11.6 Å². The van der Waals surface area contributed by atoms with Crippen molar-refractivity contribution in [2.75, 3.05) is 19.6 Å². The van der Waals surface area contributed by atoms with Crippen LogP contribution in [0.25, 0.3) is 10.9 Å². The summed E-state index contributed by atoms with van der Waals surface area (Å²) in [5.41, 5.74) is 1.38. The summed E-state index contributed by atoms with van der Waals surface area (Å²) in [7, 11) is 1.84. The maximum atomic E-state index is 13.2. The molecule has 0 spiro atoms. The fourth-order valence-corrected chi connectivity index (χ4v) is 4.12. The number of hydrogen-bond donors (Lipinski definition) is 0. The Labute approximate surface area is 181 Å².